The van der Waals surface area contributed by atoms with Crippen LogP contribution in [0, 0.1) is 0 Å². The number of benzene rings is 2. The molecule has 0 fully saturated rings. The monoisotopic (exact) mass is 388 g/mol. The molecule has 1 atom stereocenters. The second kappa shape index (κ2) is 8.35. The van der Waals surface area contributed by atoms with Crippen LogP contribution >= 0.6 is 0 Å². The minimum absolute atomic E-state index is 0.0651. The van der Waals surface area contributed by atoms with Gasteiger partial charge < -0.3 is 14.4 Å². The van der Waals surface area contributed by atoms with Crippen LogP contribution in [0.25, 0.3) is 0 Å². The Bertz CT molecular complexity index is 950. The van der Waals surface area contributed by atoms with Crippen LogP contribution in [0.1, 0.15) is 28.3 Å². The van der Waals surface area contributed by atoms with Gasteiger partial charge in [0.2, 0.25) is 5.91 Å². The molecule has 1 amide bonds. The van der Waals surface area contributed by atoms with Crippen LogP contribution in [0.5, 0.6) is 11.5 Å². The molecule has 1 aliphatic heterocycles. The first-order chi connectivity index (χ1) is 14.2. The van der Waals surface area contributed by atoms with Gasteiger partial charge in [-0.1, -0.05) is 36.4 Å². The zero-order valence-electron chi connectivity index (χ0n) is 16.7. The van der Waals surface area contributed by atoms with Crippen LogP contribution in [-0.4, -0.2) is 36.6 Å². The van der Waals surface area contributed by atoms with Crippen molar-refractivity contribution in [1.82, 2.24) is 9.88 Å². The number of hydrogen-bond acceptors (Lipinski definition) is 4. The van der Waals surface area contributed by atoms with Crippen LogP contribution in [0.4, 0.5) is 0 Å². The standard InChI is InChI=1S/C24H24N2O3/c1-28-21-14-18-11-13-26(16-19(18)15-22(21)29-2)24(27)23(17-8-4-3-5-9-17)20-10-6-7-12-25-20/h3-10,12,14-15,23H,11,13,16H2,1-2H3. The Hall–Kier alpha value is -3.34. The number of carbonyl (C=O) groups excluding carboxylic acids is 1. The summed E-state index contributed by atoms with van der Waals surface area (Å²) in [6.07, 6.45) is 2.52. The van der Waals surface area contributed by atoms with Crippen LogP contribution in [0.3, 0.4) is 0 Å². The lowest BCUT2D eigenvalue weighted by Gasteiger charge is -2.32. The van der Waals surface area contributed by atoms with Crippen molar-refractivity contribution in [1.29, 1.82) is 0 Å². The molecule has 1 aliphatic rings. The maximum absolute atomic E-state index is 13.6. The average molecular weight is 388 g/mol. The predicted molar refractivity (Wildman–Crippen MR) is 111 cm³/mol. The highest BCUT2D eigenvalue weighted by molar-refractivity contribution is 5.87. The number of methoxy groups -OCH3 is 2. The third kappa shape index (κ3) is 3.81. The number of aromatic nitrogens is 1. The molecule has 1 unspecified atom stereocenters. The molecule has 2 heterocycles. The number of ether oxygens (including phenoxy) is 2. The van der Waals surface area contributed by atoms with Crippen molar-refractivity contribution in [3.63, 3.8) is 0 Å². The van der Waals surface area contributed by atoms with E-state index in [-0.39, 0.29) is 5.91 Å². The highest BCUT2D eigenvalue weighted by Gasteiger charge is 2.31. The fourth-order valence-electron chi connectivity index (χ4n) is 3.89. The van der Waals surface area contributed by atoms with E-state index in [2.05, 4.69) is 4.98 Å². The second-order valence-corrected chi connectivity index (χ2v) is 7.08. The highest BCUT2D eigenvalue weighted by atomic mass is 16.5. The summed E-state index contributed by atoms with van der Waals surface area (Å²) in [6.45, 7) is 1.21. The Kier molecular flexibility index (Phi) is 5.47. The maximum Gasteiger partial charge on any atom is 0.236 e. The van der Waals surface area contributed by atoms with E-state index in [1.165, 1.54) is 5.56 Å². The summed E-state index contributed by atoms with van der Waals surface area (Å²) in [7, 11) is 3.27. The molecule has 0 N–H and O–H groups in total. The summed E-state index contributed by atoms with van der Waals surface area (Å²) in [5, 5.41) is 0. The van der Waals surface area contributed by atoms with Gasteiger partial charge >= 0.3 is 0 Å². The van der Waals surface area contributed by atoms with Crippen LogP contribution < -0.4 is 9.47 Å². The van der Waals surface area contributed by atoms with Gasteiger partial charge in [-0.2, -0.15) is 0 Å². The van der Waals surface area contributed by atoms with Gasteiger partial charge in [-0.15, -0.1) is 0 Å². The lowest BCUT2D eigenvalue weighted by molar-refractivity contribution is -0.132. The summed E-state index contributed by atoms with van der Waals surface area (Å²) >= 11 is 0. The van der Waals surface area contributed by atoms with E-state index in [9.17, 15) is 4.79 Å². The molecule has 0 spiro atoms. The van der Waals surface area contributed by atoms with Crippen molar-refractivity contribution < 1.29 is 14.3 Å². The fraction of sp³-hybridized carbons (Fsp3) is 0.250. The lowest BCUT2D eigenvalue weighted by atomic mass is 9.91. The molecule has 0 aliphatic carbocycles. The Balaban J connectivity index is 1.66. The number of pyridine rings is 1. The van der Waals surface area contributed by atoms with Crippen LogP contribution in [0.2, 0.25) is 0 Å². The van der Waals surface area contributed by atoms with E-state index in [1.807, 2.05) is 65.6 Å². The van der Waals surface area contributed by atoms with Crippen molar-refractivity contribution >= 4 is 5.91 Å². The average Bonchev–Trinajstić information content (AvgIpc) is 2.79. The Morgan fingerprint density at radius 2 is 1.66 bits per heavy atom. The summed E-state index contributed by atoms with van der Waals surface area (Å²) in [5.41, 5.74) is 4.01. The quantitative estimate of drug-likeness (QED) is 0.667. The van der Waals surface area contributed by atoms with Crippen molar-refractivity contribution in [2.24, 2.45) is 0 Å². The smallest absolute Gasteiger partial charge is 0.236 e. The summed E-state index contributed by atoms with van der Waals surface area (Å²) < 4.78 is 10.9. The zero-order chi connectivity index (χ0) is 20.2. The van der Waals surface area contributed by atoms with Crippen molar-refractivity contribution in [2.45, 2.75) is 18.9 Å². The minimum atomic E-state index is -0.418. The number of nitrogens with zero attached hydrogens (tertiary/aromatic N) is 2. The maximum atomic E-state index is 13.6. The fourth-order valence-corrected chi connectivity index (χ4v) is 3.89. The molecule has 3 aromatic rings. The van der Waals surface area contributed by atoms with Crippen molar-refractivity contribution in [3.05, 3.63) is 89.2 Å². The first-order valence-corrected chi connectivity index (χ1v) is 9.69. The van der Waals surface area contributed by atoms with E-state index in [4.69, 9.17) is 9.47 Å². The molecule has 0 radical (unpaired) electrons. The van der Waals surface area contributed by atoms with Crippen molar-refractivity contribution in [3.8, 4) is 11.5 Å². The summed E-state index contributed by atoms with van der Waals surface area (Å²) in [4.78, 5) is 20.0. The van der Waals surface area contributed by atoms with E-state index >= 15 is 0 Å². The van der Waals surface area contributed by atoms with Gasteiger partial charge in [0.25, 0.3) is 0 Å². The number of fused-ring (bicyclic) bond motifs is 1. The second-order valence-electron chi connectivity index (χ2n) is 7.08. The Morgan fingerprint density at radius 1 is 0.966 bits per heavy atom. The van der Waals surface area contributed by atoms with Crippen molar-refractivity contribution in [2.75, 3.05) is 20.8 Å². The summed E-state index contributed by atoms with van der Waals surface area (Å²) in [5.74, 6) is 1.06. The van der Waals surface area contributed by atoms with Gasteiger partial charge in [0.1, 0.15) is 5.92 Å². The number of rotatable bonds is 5. The molecule has 29 heavy (non-hydrogen) atoms. The molecular formula is C24H24N2O3. The molecule has 4 rings (SSSR count). The van der Waals surface area contributed by atoms with Gasteiger partial charge in [-0.3, -0.25) is 9.78 Å². The SMILES string of the molecule is COc1cc2c(cc1OC)CN(C(=O)C(c1ccccc1)c1ccccn1)CC2. The van der Waals surface area contributed by atoms with Crippen LogP contribution in [-0.2, 0) is 17.8 Å². The molecule has 0 bridgehead atoms. The Morgan fingerprint density at radius 3 is 2.31 bits per heavy atom. The molecule has 1 aromatic heterocycles. The third-order valence-electron chi connectivity index (χ3n) is 5.39. The molecular weight excluding hydrogens is 364 g/mol. The number of hydrogen-bond donors (Lipinski definition) is 0. The van der Waals surface area contributed by atoms with E-state index in [0.29, 0.717) is 18.8 Å². The number of amides is 1. The first-order valence-electron chi connectivity index (χ1n) is 9.69. The van der Waals surface area contributed by atoms with Gasteiger partial charge in [0, 0.05) is 19.3 Å². The minimum Gasteiger partial charge on any atom is -0.493 e. The third-order valence-corrected chi connectivity index (χ3v) is 5.39. The lowest BCUT2D eigenvalue weighted by Crippen LogP contribution is -2.39. The summed E-state index contributed by atoms with van der Waals surface area (Å²) in [6, 6.07) is 19.6. The first kappa shape index (κ1) is 19.0. The largest absolute Gasteiger partial charge is 0.493 e. The molecule has 5 nitrogen and oxygen atoms in total. The number of carbonyl (C=O) groups is 1. The predicted octanol–water partition coefficient (Wildman–Crippen LogP) is 3.82. The molecule has 5 heteroatoms. The van der Waals surface area contributed by atoms with E-state index in [0.717, 1.165) is 29.0 Å². The molecule has 0 saturated heterocycles. The topological polar surface area (TPSA) is 51.7 Å². The van der Waals surface area contributed by atoms with E-state index in [1.54, 1.807) is 20.4 Å². The molecule has 0 saturated carbocycles. The highest BCUT2D eigenvalue weighted by Crippen LogP contribution is 2.34. The van der Waals surface area contributed by atoms with Gasteiger partial charge in [0.15, 0.2) is 11.5 Å². The van der Waals surface area contributed by atoms with Gasteiger partial charge in [-0.05, 0) is 47.4 Å². The van der Waals surface area contributed by atoms with E-state index < -0.39 is 5.92 Å². The van der Waals surface area contributed by atoms with Gasteiger partial charge in [0.05, 0.1) is 19.9 Å². The molecule has 2 aromatic carbocycles. The van der Waals surface area contributed by atoms with Gasteiger partial charge in [-0.25, -0.2) is 0 Å². The normalized spacial score (nSPS) is 14.1. The zero-order valence-corrected chi connectivity index (χ0v) is 16.7. The van der Waals surface area contributed by atoms with Crippen LogP contribution in [0.15, 0.2) is 66.9 Å². The Labute approximate surface area is 170 Å². The molecule has 148 valence electrons.